The van der Waals surface area contributed by atoms with Crippen LogP contribution in [0, 0.1) is 16.7 Å². The van der Waals surface area contributed by atoms with E-state index in [0.29, 0.717) is 5.92 Å². The van der Waals surface area contributed by atoms with Crippen LogP contribution in [0.1, 0.15) is 202 Å². The quantitative estimate of drug-likeness (QED) is 0.159. The molecule has 406 valence electrons. The first-order chi connectivity index (χ1) is 37.0. The Morgan fingerprint density at radius 2 is 1.03 bits per heavy atom. The van der Waals surface area contributed by atoms with Gasteiger partial charge in [-0.1, -0.05) is 202 Å². The van der Waals surface area contributed by atoms with Gasteiger partial charge < -0.3 is 9.80 Å². The van der Waals surface area contributed by atoms with E-state index in [9.17, 15) is 0 Å². The molecule has 7 aromatic rings. The summed E-state index contributed by atoms with van der Waals surface area (Å²) >= 11 is 2.10. The summed E-state index contributed by atoms with van der Waals surface area (Å²) in [5, 5.41) is 1.41. The summed E-state index contributed by atoms with van der Waals surface area (Å²) in [5.74, 6) is 0.425. The highest BCUT2D eigenvalue weighted by Crippen LogP contribution is 2.61. The van der Waals surface area contributed by atoms with Crippen molar-refractivity contribution in [2.75, 3.05) is 9.80 Å². The summed E-state index contributed by atoms with van der Waals surface area (Å²) in [7, 11) is 0. The van der Waals surface area contributed by atoms with Gasteiger partial charge in [0.15, 0.2) is 0 Å². The molecule has 1 aromatic heterocycles. The highest BCUT2D eigenvalue weighted by Gasteiger charge is 2.53. The first-order valence-electron chi connectivity index (χ1n) is 30.3. The number of benzene rings is 6. The van der Waals surface area contributed by atoms with Gasteiger partial charge in [0, 0.05) is 48.6 Å². The number of fused-ring (bicyclic) bond motifs is 8. The molecule has 6 aromatic carbocycles. The van der Waals surface area contributed by atoms with Crippen molar-refractivity contribution in [3.8, 4) is 11.1 Å². The molecule has 2 nitrogen and oxygen atoms in total. The smallest absolute Gasteiger partial charge is 0.264 e. The minimum absolute atomic E-state index is 0.0262. The van der Waals surface area contributed by atoms with Gasteiger partial charge in [0.05, 0.1) is 11.4 Å². The number of allylic oxidation sites excluding steroid dienone is 4. The van der Waals surface area contributed by atoms with Gasteiger partial charge in [0.25, 0.3) is 6.71 Å². The Labute approximate surface area is 479 Å². The van der Waals surface area contributed by atoms with Crippen LogP contribution in [0.2, 0.25) is 0 Å². The molecule has 1 saturated carbocycles. The van der Waals surface area contributed by atoms with Gasteiger partial charge in [0.2, 0.25) is 0 Å². The van der Waals surface area contributed by atoms with E-state index in [0.717, 1.165) is 6.42 Å². The Kier molecular flexibility index (Phi) is 11.5. The van der Waals surface area contributed by atoms with Gasteiger partial charge in [-0.3, -0.25) is 0 Å². The Morgan fingerprint density at radius 3 is 1.62 bits per heavy atom. The van der Waals surface area contributed by atoms with Crippen molar-refractivity contribution in [2.24, 2.45) is 16.7 Å². The lowest BCUT2D eigenvalue weighted by Gasteiger charge is -2.54. The number of hydrogen-bond acceptors (Lipinski definition) is 3. The van der Waals surface area contributed by atoms with E-state index in [2.05, 4.69) is 266 Å². The summed E-state index contributed by atoms with van der Waals surface area (Å²) in [4.78, 5) is 5.65. The average molecular weight is 1060 g/mol. The first kappa shape index (κ1) is 52.8. The number of nitrogens with zero attached hydrogens (tertiary/aromatic N) is 2. The highest BCUT2D eigenvalue weighted by molar-refractivity contribution is 7.33. The van der Waals surface area contributed by atoms with Crippen molar-refractivity contribution >= 4 is 66.8 Å². The minimum atomic E-state index is -0.165. The van der Waals surface area contributed by atoms with Crippen LogP contribution in [0.25, 0.3) is 21.2 Å². The average Bonchev–Trinajstić information content (AvgIpc) is 3.95. The van der Waals surface area contributed by atoms with Crippen LogP contribution in [0.15, 0.2) is 144 Å². The fourth-order valence-electron chi connectivity index (χ4n) is 15.8. The maximum Gasteiger partial charge on any atom is 0.264 e. The van der Waals surface area contributed by atoms with Crippen molar-refractivity contribution in [3.05, 3.63) is 183 Å². The fraction of sp³-hybridized carbons (Fsp3) is 0.440. The third-order valence-electron chi connectivity index (χ3n) is 21.7. The lowest BCUT2D eigenvalue weighted by Crippen LogP contribution is -2.56. The lowest BCUT2D eigenvalue weighted by atomic mass is 9.34. The van der Waals surface area contributed by atoms with Crippen molar-refractivity contribution in [3.63, 3.8) is 0 Å². The third kappa shape index (κ3) is 8.04. The molecule has 6 aliphatic rings. The maximum atomic E-state index is 2.89. The molecule has 0 N–H and O–H groups in total. The normalized spacial score (nSPS) is 21.8. The summed E-state index contributed by atoms with van der Waals surface area (Å²) in [5.41, 5.74) is 25.7. The Balaban J connectivity index is 1.18. The van der Waals surface area contributed by atoms with Crippen LogP contribution >= 0.6 is 11.3 Å². The molecule has 0 amide bonds. The second-order valence-corrected chi connectivity index (χ2v) is 32.1. The van der Waals surface area contributed by atoms with Gasteiger partial charge in [-0.2, -0.15) is 0 Å². The van der Waals surface area contributed by atoms with Crippen LogP contribution in [-0.4, -0.2) is 6.71 Å². The predicted octanol–water partition coefficient (Wildman–Crippen LogP) is 20.0. The zero-order chi connectivity index (χ0) is 55.9. The van der Waals surface area contributed by atoms with Gasteiger partial charge in [-0.15, -0.1) is 11.3 Å². The minimum Gasteiger partial charge on any atom is -0.314 e. The molecule has 1 atom stereocenters. The molecular weight excluding hydrogens is 972 g/mol. The second-order valence-electron chi connectivity index (χ2n) is 31.0. The predicted molar refractivity (Wildman–Crippen MR) is 343 cm³/mol. The number of rotatable bonds is 5. The van der Waals surface area contributed by atoms with E-state index in [1.165, 1.54) is 149 Å². The molecule has 79 heavy (non-hydrogen) atoms. The third-order valence-corrected chi connectivity index (χ3v) is 22.9. The van der Waals surface area contributed by atoms with Crippen molar-refractivity contribution in [1.82, 2.24) is 0 Å². The van der Waals surface area contributed by atoms with Crippen molar-refractivity contribution < 1.29 is 0 Å². The molecule has 1 fully saturated rings. The van der Waals surface area contributed by atoms with Crippen molar-refractivity contribution in [1.29, 1.82) is 0 Å². The number of hydrogen-bond donors (Lipinski definition) is 0. The molecule has 0 bridgehead atoms. The number of anilines is 5. The molecule has 4 heteroatoms. The first-order valence-corrected chi connectivity index (χ1v) is 31.1. The Bertz CT molecular complexity index is 3710. The highest BCUT2D eigenvalue weighted by atomic mass is 32.1. The van der Waals surface area contributed by atoms with Crippen LogP contribution in [0.5, 0.6) is 0 Å². The molecule has 1 unspecified atom stereocenters. The van der Waals surface area contributed by atoms with Crippen LogP contribution in [0.3, 0.4) is 0 Å². The number of thiophene rings is 1. The van der Waals surface area contributed by atoms with Crippen LogP contribution in [-0.2, 0) is 32.5 Å². The Hall–Kier alpha value is -5.58. The molecule has 0 saturated heterocycles. The zero-order valence-electron chi connectivity index (χ0n) is 51.0. The lowest BCUT2D eigenvalue weighted by molar-refractivity contribution is 0.121. The summed E-state index contributed by atoms with van der Waals surface area (Å²) in [6.07, 6.45) is 11.0. The second kappa shape index (κ2) is 17.2. The molecule has 4 aliphatic carbocycles. The SMILES string of the molecule is CC1(C)CCC(C)(C)C2CC3=C(C=C21)B1c2sc4cc5c(cc4c2N(c2ccc(C(C)(C)c4ccccc4)cc2)c2cc(C(C)(C)C)cc(c21)N3c1cc2c(cc1-c1ccccc1)C(C)(C)CCC2(C)C)C(C)(C)CCC5(C)C. The molecule has 3 heterocycles. The van der Waals surface area contributed by atoms with E-state index in [1.807, 2.05) is 0 Å². The van der Waals surface area contributed by atoms with E-state index < -0.39 is 0 Å². The van der Waals surface area contributed by atoms with Crippen LogP contribution in [0.4, 0.5) is 28.4 Å². The van der Waals surface area contributed by atoms with Crippen LogP contribution < -0.4 is 20.0 Å². The molecule has 13 rings (SSSR count). The zero-order valence-corrected chi connectivity index (χ0v) is 51.8. The van der Waals surface area contributed by atoms with Gasteiger partial charge in [-0.25, -0.2) is 0 Å². The molecular formula is C75H87BN2S. The summed E-state index contributed by atoms with van der Waals surface area (Å²) in [6.45, 7) is 42.5. The summed E-state index contributed by atoms with van der Waals surface area (Å²) < 4.78 is 2.91. The molecule has 0 spiro atoms. The monoisotopic (exact) mass is 1060 g/mol. The maximum absolute atomic E-state index is 2.89. The van der Waals surface area contributed by atoms with Crippen molar-refractivity contribution in [2.45, 2.75) is 195 Å². The fourth-order valence-corrected chi connectivity index (χ4v) is 17.1. The summed E-state index contributed by atoms with van der Waals surface area (Å²) in [6, 6.07) is 48.3. The Morgan fingerprint density at radius 1 is 0.506 bits per heavy atom. The van der Waals surface area contributed by atoms with Gasteiger partial charge in [0.1, 0.15) is 0 Å². The van der Waals surface area contributed by atoms with Gasteiger partial charge in [-0.05, 0) is 193 Å². The van der Waals surface area contributed by atoms with E-state index in [4.69, 9.17) is 0 Å². The van der Waals surface area contributed by atoms with E-state index in [-0.39, 0.29) is 50.0 Å². The largest absolute Gasteiger partial charge is 0.314 e. The molecule has 0 radical (unpaired) electrons. The topological polar surface area (TPSA) is 6.48 Å². The van der Waals surface area contributed by atoms with Gasteiger partial charge >= 0.3 is 0 Å². The standard InChI is InChI=1S/C75H87BN2S/c1-68(2,3)49-38-62-65-63(39-49)78(60-43-56-53(69(4,5)32-35-72(56,10)11)40-51(60)46-24-20-18-21-25-46)61-44-57-55(71(8,9)34-36-73(57,12)13)42-59(61)76(65)67-66(52-41-54-58(45-64(52)79-67)74(14,15)37-33-70(54,6)7)77(62)50-30-28-48(29-31-50)75(16,17)47-26-22-19-23-27-47/h18-31,38-43,45,57H,32-37,44H2,1-17H3. The van der Waals surface area contributed by atoms with E-state index in [1.54, 1.807) is 5.57 Å². The molecule has 2 aliphatic heterocycles. The van der Waals surface area contributed by atoms with E-state index >= 15 is 0 Å².